The summed E-state index contributed by atoms with van der Waals surface area (Å²) in [5, 5.41) is 12.1. The van der Waals surface area contributed by atoms with Crippen LogP contribution in [0.5, 0.6) is 0 Å². The lowest BCUT2D eigenvalue weighted by Gasteiger charge is -2.08. The van der Waals surface area contributed by atoms with Gasteiger partial charge in [0.05, 0.1) is 0 Å². The highest BCUT2D eigenvalue weighted by Crippen LogP contribution is 2.23. The number of hydroxylamine groups is 1. The zero-order valence-corrected chi connectivity index (χ0v) is 14.3. The third-order valence-corrected chi connectivity index (χ3v) is 4.00. The maximum absolute atomic E-state index is 12.5. The van der Waals surface area contributed by atoms with Gasteiger partial charge >= 0.3 is 0 Å². The molecule has 6 heteroatoms. The van der Waals surface area contributed by atoms with Crippen LogP contribution in [0.2, 0.25) is 5.02 Å². The molecule has 3 N–H and O–H groups in total. The molecule has 26 heavy (non-hydrogen) atoms. The van der Waals surface area contributed by atoms with Gasteiger partial charge in [-0.25, -0.2) is 5.48 Å². The van der Waals surface area contributed by atoms with Gasteiger partial charge in [0.15, 0.2) is 0 Å². The van der Waals surface area contributed by atoms with Crippen LogP contribution in [0.15, 0.2) is 72.8 Å². The number of amides is 2. The van der Waals surface area contributed by atoms with Crippen LogP contribution in [0, 0.1) is 0 Å². The standard InChI is InChI=1S/C20H15ClN2O3/c21-17-8-3-9-18(12-17)22-19(24)15-6-1-4-13(10-15)14-5-2-7-16(11-14)20(25)23-26/h1-12,26H,(H,22,24)(H,23,25). The lowest BCUT2D eigenvalue weighted by Crippen LogP contribution is -2.18. The predicted molar refractivity (Wildman–Crippen MR) is 101 cm³/mol. The smallest absolute Gasteiger partial charge is 0.274 e. The fraction of sp³-hybridized carbons (Fsp3) is 0. The van der Waals surface area contributed by atoms with Crippen LogP contribution in [-0.2, 0) is 0 Å². The molecule has 0 heterocycles. The number of hydrogen-bond acceptors (Lipinski definition) is 3. The monoisotopic (exact) mass is 366 g/mol. The van der Waals surface area contributed by atoms with E-state index >= 15 is 0 Å². The van der Waals surface area contributed by atoms with Crippen LogP contribution in [-0.4, -0.2) is 17.0 Å². The highest BCUT2D eigenvalue weighted by molar-refractivity contribution is 6.31. The summed E-state index contributed by atoms with van der Waals surface area (Å²) in [5.74, 6) is -0.861. The number of rotatable bonds is 4. The van der Waals surface area contributed by atoms with Gasteiger partial charge in [-0.3, -0.25) is 14.8 Å². The third kappa shape index (κ3) is 4.08. The van der Waals surface area contributed by atoms with Gasteiger partial charge in [0.2, 0.25) is 0 Å². The van der Waals surface area contributed by atoms with E-state index in [0.29, 0.717) is 21.8 Å². The molecule has 0 fully saturated rings. The summed E-state index contributed by atoms with van der Waals surface area (Å²) in [5.41, 5.74) is 4.53. The zero-order chi connectivity index (χ0) is 18.5. The first-order valence-electron chi connectivity index (χ1n) is 7.78. The van der Waals surface area contributed by atoms with Crippen molar-refractivity contribution in [3.63, 3.8) is 0 Å². The molecule has 0 aliphatic rings. The molecule has 0 radical (unpaired) electrons. The van der Waals surface area contributed by atoms with Crippen molar-refractivity contribution in [2.24, 2.45) is 0 Å². The maximum atomic E-state index is 12.5. The summed E-state index contributed by atoms with van der Waals surface area (Å²) in [7, 11) is 0. The summed E-state index contributed by atoms with van der Waals surface area (Å²) >= 11 is 5.93. The second-order valence-electron chi connectivity index (χ2n) is 5.57. The largest absolute Gasteiger partial charge is 0.322 e. The van der Waals surface area contributed by atoms with Crippen molar-refractivity contribution >= 4 is 29.1 Å². The normalized spacial score (nSPS) is 10.2. The summed E-state index contributed by atoms with van der Waals surface area (Å²) in [6, 6.07) is 20.7. The summed E-state index contributed by atoms with van der Waals surface area (Å²) in [4.78, 5) is 24.0. The Labute approximate surface area is 155 Å². The minimum atomic E-state index is -0.596. The molecule has 0 atom stereocenters. The molecule has 0 aliphatic heterocycles. The molecule has 0 unspecified atom stereocenters. The molecule has 130 valence electrons. The Balaban J connectivity index is 1.86. The van der Waals surface area contributed by atoms with E-state index in [-0.39, 0.29) is 5.91 Å². The van der Waals surface area contributed by atoms with Crippen LogP contribution in [0.3, 0.4) is 0 Å². The maximum Gasteiger partial charge on any atom is 0.274 e. The summed E-state index contributed by atoms with van der Waals surface area (Å²) in [6.07, 6.45) is 0. The van der Waals surface area contributed by atoms with Crippen molar-refractivity contribution in [1.29, 1.82) is 0 Å². The van der Waals surface area contributed by atoms with Gasteiger partial charge in [0.25, 0.3) is 11.8 Å². The van der Waals surface area contributed by atoms with Crippen molar-refractivity contribution in [1.82, 2.24) is 5.48 Å². The van der Waals surface area contributed by atoms with Crippen LogP contribution in [0.1, 0.15) is 20.7 Å². The topological polar surface area (TPSA) is 78.4 Å². The highest BCUT2D eigenvalue weighted by Gasteiger charge is 2.10. The molecular weight excluding hydrogens is 352 g/mol. The fourth-order valence-corrected chi connectivity index (χ4v) is 2.70. The van der Waals surface area contributed by atoms with Crippen LogP contribution >= 0.6 is 11.6 Å². The van der Waals surface area contributed by atoms with E-state index in [0.717, 1.165) is 11.1 Å². The molecule has 0 spiro atoms. The van der Waals surface area contributed by atoms with Crippen molar-refractivity contribution in [3.8, 4) is 11.1 Å². The first kappa shape index (κ1) is 17.7. The van der Waals surface area contributed by atoms with E-state index in [1.807, 2.05) is 12.1 Å². The second-order valence-corrected chi connectivity index (χ2v) is 6.00. The van der Waals surface area contributed by atoms with E-state index in [1.165, 1.54) is 0 Å². The molecule has 0 bridgehead atoms. The lowest BCUT2D eigenvalue weighted by molar-refractivity contribution is 0.0706. The molecular formula is C20H15ClN2O3. The average Bonchev–Trinajstić information content (AvgIpc) is 2.67. The zero-order valence-electron chi connectivity index (χ0n) is 13.6. The minimum Gasteiger partial charge on any atom is -0.322 e. The summed E-state index contributed by atoms with van der Waals surface area (Å²) in [6.45, 7) is 0. The molecule has 0 aliphatic carbocycles. The van der Waals surface area contributed by atoms with Crippen molar-refractivity contribution < 1.29 is 14.8 Å². The van der Waals surface area contributed by atoms with Crippen LogP contribution in [0.4, 0.5) is 5.69 Å². The SMILES string of the molecule is O=C(NO)c1cccc(-c2cccc(C(=O)Nc3cccc(Cl)c3)c2)c1. The summed E-state index contributed by atoms with van der Waals surface area (Å²) < 4.78 is 0. The Kier molecular flexibility index (Phi) is 5.31. The number of carbonyl (C=O) groups excluding carboxylic acids is 2. The molecule has 0 saturated carbocycles. The molecule has 0 aromatic heterocycles. The van der Waals surface area contributed by atoms with Gasteiger partial charge < -0.3 is 5.32 Å². The van der Waals surface area contributed by atoms with E-state index in [1.54, 1.807) is 66.1 Å². The number of carbonyl (C=O) groups is 2. The quantitative estimate of drug-likeness (QED) is 0.473. The van der Waals surface area contributed by atoms with Gasteiger partial charge in [-0.1, -0.05) is 41.9 Å². The molecule has 5 nitrogen and oxygen atoms in total. The predicted octanol–water partition coefficient (Wildman–Crippen LogP) is 4.38. The van der Waals surface area contributed by atoms with Crippen molar-refractivity contribution in [3.05, 3.63) is 88.9 Å². The Hall–Kier alpha value is -3.15. The van der Waals surface area contributed by atoms with E-state index in [2.05, 4.69) is 5.32 Å². The average molecular weight is 367 g/mol. The van der Waals surface area contributed by atoms with Gasteiger partial charge in [-0.2, -0.15) is 0 Å². The number of hydrogen-bond donors (Lipinski definition) is 3. The molecule has 3 rings (SSSR count). The number of halogens is 1. The van der Waals surface area contributed by atoms with E-state index in [9.17, 15) is 9.59 Å². The molecule has 3 aromatic rings. The van der Waals surface area contributed by atoms with E-state index in [4.69, 9.17) is 16.8 Å². The second kappa shape index (κ2) is 7.82. The van der Waals surface area contributed by atoms with Gasteiger partial charge in [-0.15, -0.1) is 0 Å². The Morgan fingerprint density at radius 3 is 1.92 bits per heavy atom. The van der Waals surface area contributed by atoms with Crippen LogP contribution in [0.25, 0.3) is 11.1 Å². The Bertz CT molecular complexity index is 973. The Morgan fingerprint density at radius 1 is 0.769 bits per heavy atom. The first-order chi connectivity index (χ1) is 12.6. The minimum absolute atomic E-state index is 0.265. The van der Waals surface area contributed by atoms with Gasteiger partial charge in [0.1, 0.15) is 0 Å². The van der Waals surface area contributed by atoms with Crippen molar-refractivity contribution in [2.45, 2.75) is 0 Å². The highest BCUT2D eigenvalue weighted by atomic mass is 35.5. The van der Waals surface area contributed by atoms with Gasteiger partial charge in [-0.05, 0) is 53.6 Å². The fourth-order valence-electron chi connectivity index (χ4n) is 2.51. The number of benzene rings is 3. The van der Waals surface area contributed by atoms with Crippen molar-refractivity contribution in [2.75, 3.05) is 5.32 Å². The molecule has 2 amide bonds. The Morgan fingerprint density at radius 2 is 1.35 bits per heavy atom. The lowest BCUT2D eigenvalue weighted by atomic mass is 10.0. The van der Waals surface area contributed by atoms with Crippen LogP contribution < -0.4 is 10.8 Å². The molecule has 3 aromatic carbocycles. The first-order valence-corrected chi connectivity index (χ1v) is 8.16. The van der Waals surface area contributed by atoms with Gasteiger partial charge in [0, 0.05) is 21.8 Å². The molecule has 0 saturated heterocycles. The number of nitrogens with one attached hydrogen (secondary N) is 2. The van der Waals surface area contributed by atoms with E-state index < -0.39 is 5.91 Å². The number of anilines is 1. The third-order valence-electron chi connectivity index (χ3n) is 3.77.